The Bertz CT molecular complexity index is 754. The second-order valence-electron chi connectivity index (χ2n) is 5.92. The van der Waals surface area contributed by atoms with Crippen LogP contribution in [0.5, 0.6) is 0 Å². The van der Waals surface area contributed by atoms with Gasteiger partial charge in [-0.05, 0) is 35.6 Å². The molecular formula is C23H22. The zero-order valence-electron chi connectivity index (χ0n) is 13.5. The van der Waals surface area contributed by atoms with Crippen molar-refractivity contribution in [2.24, 2.45) is 0 Å². The summed E-state index contributed by atoms with van der Waals surface area (Å²) in [7, 11) is 0. The largest absolute Gasteiger partial charge is 0.0761 e. The van der Waals surface area contributed by atoms with Crippen LogP contribution in [-0.2, 0) is 6.42 Å². The van der Waals surface area contributed by atoms with E-state index in [1.807, 2.05) is 0 Å². The molecular weight excluding hydrogens is 276 g/mol. The molecule has 0 saturated carbocycles. The van der Waals surface area contributed by atoms with E-state index in [9.17, 15) is 0 Å². The maximum atomic E-state index is 2.33. The van der Waals surface area contributed by atoms with Gasteiger partial charge in [-0.25, -0.2) is 0 Å². The van der Waals surface area contributed by atoms with Crippen LogP contribution >= 0.6 is 0 Å². The van der Waals surface area contributed by atoms with Crippen molar-refractivity contribution < 1.29 is 0 Å². The highest BCUT2D eigenvalue weighted by Crippen LogP contribution is 2.25. The third kappa shape index (κ3) is 4.20. The van der Waals surface area contributed by atoms with E-state index >= 15 is 0 Å². The fraction of sp³-hybridized carbons (Fsp3) is 0.130. The molecule has 1 unspecified atom stereocenters. The highest BCUT2D eigenvalue weighted by molar-refractivity contribution is 5.51. The van der Waals surface area contributed by atoms with Crippen LogP contribution < -0.4 is 0 Å². The monoisotopic (exact) mass is 298 g/mol. The first-order chi connectivity index (χ1) is 11.3. The molecule has 0 heteroatoms. The minimum atomic E-state index is 0.387. The Labute approximate surface area is 139 Å². The molecule has 0 aliphatic heterocycles. The molecule has 0 heterocycles. The second-order valence-corrected chi connectivity index (χ2v) is 5.92. The summed E-state index contributed by atoms with van der Waals surface area (Å²) in [4.78, 5) is 0. The lowest BCUT2D eigenvalue weighted by atomic mass is 9.89. The van der Waals surface area contributed by atoms with Gasteiger partial charge in [0.25, 0.3) is 0 Å². The van der Waals surface area contributed by atoms with E-state index in [1.165, 1.54) is 22.3 Å². The van der Waals surface area contributed by atoms with Gasteiger partial charge in [0.1, 0.15) is 0 Å². The molecule has 0 radical (unpaired) electrons. The van der Waals surface area contributed by atoms with Crippen molar-refractivity contribution in [3.05, 3.63) is 113 Å². The summed E-state index contributed by atoms with van der Waals surface area (Å²) in [5, 5.41) is 0. The number of aryl methyl sites for hydroxylation is 1. The molecule has 0 bridgehead atoms. The first-order valence-electron chi connectivity index (χ1n) is 8.15. The summed E-state index contributed by atoms with van der Waals surface area (Å²) in [6.07, 6.45) is 5.59. The van der Waals surface area contributed by atoms with Crippen molar-refractivity contribution in [1.82, 2.24) is 0 Å². The topological polar surface area (TPSA) is 0 Å². The lowest BCUT2D eigenvalue weighted by Crippen LogP contribution is -2.01. The highest BCUT2D eigenvalue weighted by Gasteiger charge is 2.10. The Morgan fingerprint density at radius 2 is 1.35 bits per heavy atom. The standard InChI is InChI=1S/C23H22/c1-19-10-8-9-15-22(19)18-23(21-13-6-3-7-14-21)17-16-20-11-4-2-5-12-20/h2-17,23H,18H2,1H3/b17-16+. The molecule has 0 N–H and O–H groups in total. The second kappa shape index (κ2) is 7.60. The predicted molar refractivity (Wildman–Crippen MR) is 99.5 cm³/mol. The normalized spacial score (nSPS) is 12.4. The molecule has 0 aliphatic carbocycles. The Morgan fingerprint density at radius 3 is 2.04 bits per heavy atom. The van der Waals surface area contributed by atoms with Gasteiger partial charge in [0.15, 0.2) is 0 Å². The number of rotatable bonds is 5. The lowest BCUT2D eigenvalue weighted by Gasteiger charge is -2.15. The zero-order chi connectivity index (χ0) is 15.9. The average molecular weight is 298 g/mol. The van der Waals surface area contributed by atoms with Crippen LogP contribution in [0.25, 0.3) is 6.08 Å². The number of hydrogen-bond acceptors (Lipinski definition) is 0. The molecule has 23 heavy (non-hydrogen) atoms. The van der Waals surface area contributed by atoms with Gasteiger partial charge < -0.3 is 0 Å². The number of hydrogen-bond donors (Lipinski definition) is 0. The number of allylic oxidation sites excluding steroid dienone is 1. The first kappa shape index (κ1) is 15.3. The Morgan fingerprint density at radius 1 is 0.739 bits per heavy atom. The quantitative estimate of drug-likeness (QED) is 0.539. The van der Waals surface area contributed by atoms with E-state index in [0.29, 0.717) is 5.92 Å². The molecule has 0 fully saturated rings. The fourth-order valence-electron chi connectivity index (χ4n) is 2.86. The van der Waals surface area contributed by atoms with Gasteiger partial charge in [-0.1, -0.05) is 97.1 Å². The summed E-state index contributed by atoms with van der Waals surface area (Å²) >= 11 is 0. The Kier molecular flexibility index (Phi) is 5.06. The summed E-state index contributed by atoms with van der Waals surface area (Å²) in [5.41, 5.74) is 5.39. The van der Waals surface area contributed by atoms with Crippen molar-refractivity contribution in [2.45, 2.75) is 19.3 Å². The van der Waals surface area contributed by atoms with Crippen LogP contribution in [-0.4, -0.2) is 0 Å². The molecule has 0 amide bonds. The summed E-state index contributed by atoms with van der Waals surface area (Å²) in [6.45, 7) is 2.19. The average Bonchev–Trinajstić information content (AvgIpc) is 2.62. The van der Waals surface area contributed by atoms with Gasteiger partial charge in [-0.15, -0.1) is 0 Å². The molecule has 0 saturated heterocycles. The molecule has 0 aliphatic rings. The van der Waals surface area contributed by atoms with Crippen molar-refractivity contribution in [2.75, 3.05) is 0 Å². The smallest absolute Gasteiger partial charge is 0.00618 e. The molecule has 114 valence electrons. The predicted octanol–water partition coefficient (Wildman–Crippen LogP) is 6.03. The SMILES string of the molecule is Cc1ccccc1CC(/C=C/c1ccccc1)c1ccccc1. The van der Waals surface area contributed by atoms with Crippen LogP contribution in [0.2, 0.25) is 0 Å². The van der Waals surface area contributed by atoms with E-state index in [0.717, 1.165) is 6.42 Å². The van der Waals surface area contributed by atoms with Crippen molar-refractivity contribution >= 4 is 6.08 Å². The van der Waals surface area contributed by atoms with Crippen molar-refractivity contribution in [3.63, 3.8) is 0 Å². The minimum Gasteiger partial charge on any atom is -0.0761 e. The van der Waals surface area contributed by atoms with Crippen LogP contribution in [0.15, 0.2) is 91.0 Å². The summed E-state index contributed by atoms with van der Waals surface area (Å²) in [6, 6.07) is 29.9. The van der Waals surface area contributed by atoms with Crippen molar-refractivity contribution in [1.29, 1.82) is 0 Å². The molecule has 0 spiro atoms. The Hall–Kier alpha value is -2.60. The molecule has 1 atom stereocenters. The van der Waals surface area contributed by atoms with Crippen molar-refractivity contribution in [3.8, 4) is 0 Å². The van der Waals surface area contributed by atoms with Crippen LogP contribution in [0, 0.1) is 6.92 Å². The number of benzene rings is 3. The van der Waals surface area contributed by atoms with Gasteiger partial charge in [0.05, 0.1) is 0 Å². The van der Waals surface area contributed by atoms with E-state index in [1.54, 1.807) is 0 Å². The van der Waals surface area contributed by atoms with E-state index in [4.69, 9.17) is 0 Å². The van der Waals surface area contributed by atoms with Gasteiger partial charge in [0, 0.05) is 5.92 Å². The van der Waals surface area contributed by atoms with Gasteiger partial charge >= 0.3 is 0 Å². The fourth-order valence-corrected chi connectivity index (χ4v) is 2.86. The van der Waals surface area contributed by atoms with Crippen LogP contribution in [0.4, 0.5) is 0 Å². The maximum absolute atomic E-state index is 2.33. The zero-order valence-corrected chi connectivity index (χ0v) is 13.5. The molecule has 0 nitrogen and oxygen atoms in total. The molecule has 0 aromatic heterocycles. The maximum Gasteiger partial charge on any atom is 0.00618 e. The molecule has 3 rings (SSSR count). The Balaban J connectivity index is 1.88. The van der Waals surface area contributed by atoms with E-state index < -0.39 is 0 Å². The summed E-state index contributed by atoms with van der Waals surface area (Å²) in [5.74, 6) is 0.387. The summed E-state index contributed by atoms with van der Waals surface area (Å²) < 4.78 is 0. The first-order valence-corrected chi connectivity index (χ1v) is 8.15. The minimum absolute atomic E-state index is 0.387. The van der Waals surface area contributed by atoms with Gasteiger partial charge in [0.2, 0.25) is 0 Å². The van der Waals surface area contributed by atoms with Crippen LogP contribution in [0.1, 0.15) is 28.2 Å². The third-order valence-electron chi connectivity index (χ3n) is 4.25. The molecule has 3 aromatic carbocycles. The third-order valence-corrected chi connectivity index (χ3v) is 4.25. The van der Waals surface area contributed by atoms with Gasteiger partial charge in [-0.2, -0.15) is 0 Å². The van der Waals surface area contributed by atoms with Gasteiger partial charge in [-0.3, -0.25) is 0 Å². The lowest BCUT2D eigenvalue weighted by molar-refractivity contribution is 0.833. The van der Waals surface area contributed by atoms with E-state index in [2.05, 4.69) is 104 Å². The van der Waals surface area contributed by atoms with Crippen LogP contribution in [0.3, 0.4) is 0 Å². The molecule has 3 aromatic rings. The highest BCUT2D eigenvalue weighted by atomic mass is 14.1. The van der Waals surface area contributed by atoms with E-state index in [-0.39, 0.29) is 0 Å².